The minimum absolute atomic E-state index is 0.227. The van der Waals surface area contributed by atoms with Crippen LogP contribution in [0.2, 0.25) is 0 Å². The molecule has 4 nitrogen and oxygen atoms in total. The summed E-state index contributed by atoms with van der Waals surface area (Å²) < 4.78 is 16.9. The highest BCUT2D eigenvalue weighted by atomic mass is 16.5. The smallest absolute Gasteiger partial charge is 0.166 e. The number of para-hydroxylation sites is 1. The number of nitrogens with one attached hydrogen (secondary N) is 1. The first-order valence-corrected chi connectivity index (χ1v) is 6.40. The van der Waals surface area contributed by atoms with Crippen molar-refractivity contribution in [2.75, 3.05) is 27.4 Å². The molecule has 0 aliphatic carbocycles. The summed E-state index contributed by atoms with van der Waals surface area (Å²) in [5.41, 5.74) is 1.13. The van der Waals surface area contributed by atoms with Crippen molar-refractivity contribution in [1.29, 1.82) is 0 Å². The fourth-order valence-corrected chi connectivity index (χ4v) is 2.15. The number of hydrogen-bond acceptors (Lipinski definition) is 4. The van der Waals surface area contributed by atoms with Crippen molar-refractivity contribution in [3.63, 3.8) is 0 Å². The summed E-state index contributed by atoms with van der Waals surface area (Å²) in [5.74, 6) is 1.66. The monoisotopic (exact) mass is 251 g/mol. The summed E-state index contributed by atoms with van der Waals surface area (Å²) in [4.78, 5) is 0. The molecule has 0 amide bonds. The molecule has 18 heavy (non-hydrogen) atoms. The number of rotatable bonds is 5. The normalized spacial score (nSPS) is 16.6. The zero-order valence-electron chi connectivity index (χ0n) is 11.1. The van der Waals surface area contributed by atoms with E-state index < -0.39 is 0 Å². The van der Waals surface area contributed by atoms with Crippen LogP contribution in [-0.4, -0.2) is 33.5 Å². The predicted molar refractivity (Wildman–Crippen MR) is 70.2 cm³/mol. The van der Waals surface area contributed by atoms with Gasteiger partial charge in [-0.15, -0.1) is 0 Å². The van der Waals surface area contributed by atoms with Crippen LogP contribution in [0.3, 0.4) is 0 Å². The Bertz CT molecular complexity index is 375. The average Bonchev–Trinajstić information content (AvgIpc) is 2.42. The summed E-state index contributed by atoms with van der Waals surface area (Å²) in [6.07, 6.45) is 2.11. The van der Waals surface area contributed by atoms with Crippen molar-refractivity contribution >= 4 is 0 Å². The lowest BCUT2D eigenvalue weighted by molar-refractivity contribution is 0.0241. The number of benzene rings is 1. The lowest BCUT2D eigenvalue weighted by Crippen LogP contribution is -2.26. The van der Waals surface area contributed by atoms with Crippen molar-refractivity contribution in [3.8, 4) is 11.5 Å². The molecule has 0 unspecified atom stereocenters. The number of ether oxygens (including phenoxy) is 3. The van der Waals surface area contributed by atoms with Crippen LogP contribution >= 0.6 is 0 Å². The van der Waals surface area contributed by atoms with E-state index in [1.54, 1.807) is 7.11 Å². The fraction of sp³-hybridized carbons (Fsp3) is 0.571. The van der Waals surface area contributed by atoms with Gasteiger partial charge in [0.25, 0.3) is 0 Å². The van der Waals surface area contributed by atoms with Crippen LogP contribution in [0.1, 0.15) is 18.4 Å². The van der Waals surface area contributed by atoms with Crippen LogP contribution < -0.4 is 14.8 Å². The van der Waals surface area contributed by atoms with Crippen molar-refractivity contribution in [3.05, 3.63) is 23.8 Å². The van der Waals surface area contributed by atoms with Crippen LogP contribution in [0.5, 0.6) is 11.5 Å². The Kier molecular flexibility index (Phi) is 4.84. The number of hydrogen-bond donors (Lipinski definition) is 1. The highest BCUT2D eigenvalue weighted by Gasteiger charge is 2.19. The molecule has 2 rings (SSSR count). The van der Waals surface area contributed by atoms with Gasteiger partial charge in [-0.1, -0.05) is 12.1 Å². The third-order valence-corrected chi connectivity index (χ3v) is 3.10. The van der Waals surface area contributed by atoms with Crippen LogP contribution in [0.25, 0.3) is 0 Å². The Hall–Kier alpha value is -1.26. The van der Waals surface area contributed by atoms with E-state index in [1.807, 2.05) is 19.2 Å². The van der Waals surface area contributed by atoms with E-state index in [9.17, 15) is 0 Å². The highest BCUT2D eigenvalue weighted by Crippen LogP contribution is 2.33. The molecule has 0 spiro atoms. The molecule has 100 valence electrons. The van der Waals surface area contributed by atoms with Crippen LogP contribution in [-0.2, 0) is 11.3 Å². The second-order valence-electron chi connectivity index (χ2n) is 4.41. The van der Waals surface area contributed by atoms with Gasteiger partial charge in [0.15, 0.2) is 11.5 Å². The Morgan fingerprint density at radius 3 is 2.78 bits per heavy atom. The van der Waals surface area contributed by atoms with Crippen molar-refractivity contribution < 1.29 is 14.2 Å². The van der Waals surface area contributed by atoms with Gasteiger partial charge in [0.2, 0.25) is 0 Å². The molecular formula is C14H21NO3. The Balaban J connectivity index is 2.16. The average molecular weight is 251 g/mol. The Morgan fingerprint density at radius 2 is 2.11 bits per heavy atom. The molecule has 1 aromatic rings. The van der Waals surface area contributed by atoms with Gasteiger partial charge < -0.3 is 19.5 Å². The first kappa shape index (κ1) is 13.2. The lowest BCUT2D eigenvalue weighted by Gasteiger charge is -2.25. The largest absolute Gasteiger partial charge is 0.493 e. The topological polar surface area (TPSA) is 39.7 Å². The van der Waals surface area contributed by atoms with E-state index in [-0.39, 0.29) is 6.10 Å². The van der Waals surface area contributed by atoms with Crippen molar-refractivity contribution in [2.24, 2.45) is 0 Å². The molecule has 0 radical (unpaired) electrons. The second-order valence-corrected chi connectivity index (χ2v) is 4.41. The summed E-state index contributed by atoms with van der Waals surface area (Å²) in [6.45, 7) is 2.33. The molecule has 1 aliphatic heterocycles. The summed E-state index contributed by atoms with van der Waals surface area (Å²) in [5, 5.41) is 3.15. The van der Waals surface area contributed by atoms with Gasteiger partial charge >= 0.3 is 0 Å². The SMILES string of the molecule is CNCc1cccc(OC)c1OC1CCOCC1. The molecule has 0 aromatic heterocycles. The minimum atomic E-state index is 0.227. The van der Waals surface area contributed by atoms with Gasteiger partial charge in [-0.2, -0.15) is 0 Å². The molecule has 1 saturated heterocycles. The van der Waals surface area contributed by atoms with Gasteiger partial charge in [-0.25, -0.2) is 0 Å². The fourth-order valence-electron chi connectivity index (χ4n) is 2.15. The molecule has 1 N–H and O–H groups in total. The van der Waals surface area contributed by atoms with Crippen LogP contribution in [0, 0.1) is 0 Å². The molecule has 4 heteroatoms. The zero-order chi connectivity index (χ0) is 12.8. The maximum absolute atomic E-state index is 6.12. The van der Waals surface area contributed by atoms with Gasteiger partial charge in [0, 0.05) is 24.9 Å². The van der Waals surface area contributed by atoms with Gasteiger partial charge in [-0.3, -0.25) is 0 Å². The highest BCUT2D eigenvalue weighted by molar-refractivity contribution is 5.46. The summed E-state index contributed by atoms with van der Waals surface area (Å²) in [7, 11) is 3.60. The van der Waals surface area contributed by atoms with Crippen molar-refractivity contribution in [1.82, 2.24) is 5.32 Å². The van der Waals surface area contributed by atoms with E-state index in [0.717, 1.165) is 49.7 Å². The molecular weight excluding hydrogens is 230 g/mol. The van der Waals surface area contributed by atoms with Crippen LogP contribution in [0.15, 0.2) is 18.2 Å². The third-order valence-electron chi connectivity index (χ3n) is 3.10. The third kappa shape index (κ3) is 3.15. The zero-order valence-corrected chi connectivity index (χ0v) is 11.1. The first-order chi connectivity index (χ1) is 8.85. The van der Waals surface area contributed by atoms with Gasteiger partial charge in [-0.05, 0) is 13.1 Å². The summed E-state index contributed by atoms with van der Waals surface area (Å²) in [6, 6.07) is 5.99. The molecule has 1 aliphatic rings. The van der Waals surface area contributed by atoms with Crippen molar-refractivity contribution in [2.45, 2.75) is 25.5 Å². The maximum Gasteiger partial charge on any atom is 0.166 e. The Morgan fingerprint density at radius 1 is 1.33 bits per heavy atom. The van der Waals surface area contributed by atoms with E-state index in [4.69, 9.17) is 14.2 Å². The molecule has 0 atom stereocenters. The predicted octanol–water partition coefficient (Wildman–Crippen LogP) is 1.97. The van der Waals surface area contributed by atoms with Gasteiger partial charge in [0.05, 0.1) is 20.3 Å². The second kappa shape index (κ2) is 6.61. The molecule has 1 fully saturated rings. The van der Waals surface area contributed by atoms with Gasteiger partial charge in [0.1, 0.15) is 6.10 Å². The standard InChI is InChI=1S/C14H21NO3/c1-15-10-11-4-3-5-13(16-2)14(11)18-12-6-8-17-9-7-12/h3-5,12,15H,6-10H2,1-2H3. The van der Waals surface area contributed by atoms with E-state index in [1.165, 1.54) is 0 Å². The minimum Gasteiger partial charge on any atom is -0.493 e. The quantitative estimate of drug-likeness (QED) is 0.868. The van der Waals surface area contributed by atoms with E-state index in [0.29, 0.717) is 0 Å². The molecule has 1 aromatic carbocycles. The summed E-state index contributed by atoms with van der Waals surface area (Å²) >= 11 is 0. The Labute approximate surface area is 108 Å². The van der Waals surface area contributed by atoms with Crippen LogP contribution in [0.4, 0.5) is 0 Å². The molecule has 0 saturated carbocycles. The van der Waals surface area contributed by atoms with E-state index >= 15 is 0 Å². The van der Waals surface area contributed by atoms with E-state index in [2.05, 4.69) is 11.4 Å². The first-order valence-electron chi connectivity index (χ1n) is 6.40. The maximum atomic E-state index is 6.12. The lowest BCUT2D eigenvalue weighted by atomic mass is 10.1. The number of methoxy groups -OCH3 is 1. The molecule has 1 heterocycles. The molecule has 0 bridgehead atoms.